The molecule has 4 aromatic rings. The first-order valence-corrected chi connectivity index (χ1v) is 9.85. The summed E-state index contributed by atoms with van der Waals surface area (Å²) in [5.74, 6) is -0.252. The van der Waals surface area contributed by atoms with Crippen molar-refractivity contribution in [2.45, 2.75) is 13.3 Å². The SMILES string of the molecule is C/C(=N\NC(=O)Cc1cccc2ccccc12)c1ccc(NC(=O)c2ccco2)cc1. The molecule has 0 fully saturated rings. The van der Waals surface area contributed by atoms with Crippen molar-refractivity contribution >= 4 is 34.0 Å². The molecule has 1 aromatic heterocycles. The van der Waals surface area contributed by atoms with Crippen molar-refractivity contribution in [3.05, 3.63) is 102 Å². The van der Waals surface area contributed by atoms with Gasteiger partial charge in [-0.3, -0.25) is 9.59 Å². The Morgan fingerprint density at radius 3 is 2.45 bits per heavy atom. The van der Waals surface area contributed by atoms with Crippen molar-refractivity contribution in [1.82, 2.24) is 5.43 Å². The van der Waals surface area contributed by atoms with E-state index in [1.165, 1.54) is 6.26 Å². The van der Waals surface area contributed by atoms with Gasteiger partial charge in [-0.15, -0.1) is 0 Å². The molecule has 2 N–H and O–H groups in total. The third kappa shape index (κ3) is 4.87. The van der Waals surface area contributed by atoms with Gasteiger partial charge in [-0.05, 0) is 53.1 Å². The fraction of sp³-hybridized carbons (Fsp3) is 0.0800. The van der Waals surface area contributed by atoms with E-state index in [9.17, 15) is 9.59 Å². The van der Waals surface area contributed by atoms with E-state index in [2.05, 4.69) is 15.8 Å². The number of carbonyl (C=O) groups is 2. The number of rotatable bonds is 6. The topological polar surface area (TPSA) is 83.7 Å². The van der Waals surface area contributed by atoms with Crippen molar-refractivity contribution < 1.29 is 14.0 Å². The van der Waals surface area contributed by atoms with Crippen molar-refractivity contribution in [3.8, 4) is 0 Å². The molecule has 4 rings (SSSR count). The monoisotopic (exact) mass is 411 g/mol. The number of hydrogen-bond acceptors (Lipinski definition) is 4. The Morgan fingerprint density at radius 1 is 0.903 bits per heavy atom. The van der Waals surface area contributed by atoms with E-state index >= 15 is 0 Å². The molecule has 1 heterocycles. The predicted octanol–water partition coefficient (Wildman–Crippen LogP) is 4.77. The number of anilines is 1. The minimum atomic E-state index is -0.316. The molecule has 2 amide bonds. The van der Waals surface area contributed by atoms with E-state index in [-0.39, 0.29) is 24.0 Å². The van der Waals surface area contributed by atoms with Gasteiger partial charge in [0, 0.05) is 5.69 Å². The highest BCUT2D eigenvalue weighted by Crippen LogP contribution is 2.19. The molecule has 0 saturated heterocycles. The Morgan fingerprint density at radius 2 is 1.68 bits per heavy atom. The summed E-state index contributed by atoms with van der Waals surface area (Å²) in [6.07, 6.45) is 1.70. The standard InChI is InChI=1S/C25H21N3O3/c1-17(18-11-13-21(14-12-18)26-25(30)23-10-5-15-31-23)27-28-24(29)16-20-8-4-7-19-6-2-3-9-22(19)20/h2-15H,16H2,1H3,(H,26,30)(H,28,29)/b27-17+. The third-order valence-electron chi connectivity index (χ3n) is 4.88. The van der Waals surface area contributed by atoms with E-state index in [0.29, 0.717) is 11.4 Å². The van der Waals surface area contributed by atoms with Gasteiger partial charge in [0.2, 0.25) is 5.91 Å². The van der Waals surface area contributed by atoms with E-state index in [1.807, 2.05) is 61.5 Å². The molecule has 0 bridgehead atoms. The van der Waals surface area contributed by atoms with Crippen LogP contribution in [-0.2, 0) is 11.2 Å². The molecular formula is C25H21N3O3. The van der Waals surface area contributed by atoms with Crippen LogP contribution in [0.25, 0.3) is 10.8 Å². The van der Waals surface area contributed by atoms with Gasteiger partial charge in [-0.25, -0.2) is 5.43 Å². The second-order valence-electron chi connectivity index (χ2n) is 7.06. The molecule has 0 unspecified atom stereocenters. The lowest BCUT2D eigenvalue weighted by atomic mass is 10.0. The minimum Gasteiger partial charge on any atom is -0.459 e. The van der Waals surface area contributed by atoms with Gasteiger partial charge in [-0.1, -0.05) is 54.6 Å². The summed E-state index contributed by atoms with van der Waals surface area (Å²) in [6, 6.07) is 24.4. The van der Waals surface area contributed by atoms with Gasteiger partial charge in [-0.2, -0.15) is 5.10 Å². The zero-order chi connectivity index (χ0) is 21.6. The maximum absolute atomic E-state index is 12.4. The Balaban J connectivity index is 1.37. The lowest BCUT2D eigenvalue weighted by Crippen LogP contribution is -2.21. The highest BCUT2D eigenvalue weighted by Gasteiger charge is 2.09. The molecule has 0 radical (unpaired) electrons. The molecule has 0 aliphatic rings. The number of furan rings is 1. The maximum Gasteiger partial charge on any atom is 0.291 e. The number of amides is 2. The number of carbonyl (C=O) groups excluding carboxylic acids is 2. The van der Waals surface area contributed by atoms with Gasteiger partial charge in [0.1, 0.15) is 0 Å². The van der Waals surface area contributed by atoms with Crippen LogP contribution in [0, 0.1) is 0 Å². The zero-order valence-corrected chi connectivity index (χ0v) is 17.0. The molecule has 3 aromatic carbocycles. The molecule has 0 spiro atoms. The van der Waals surface area contributed by atoms with Gasteiger partial charge in [0.25, 0.3) is 5.91 Å². The Bertz CT molecular complexity index is 1240. The first kappa shape index (κ1) is 20.1. The predicted molar refractivity (Wildman–Crippen MR) is 121 cm³/mol. The molecule has 0 saturated carbocycles. The van der Waals surface area contributed by atoms with Crippen molar-refractivity contribution in [2.75, 3.05) is 5.32 Å². The Labute approximate surface area is 179 Å². The largest absolute Gasteiger partial charge is 0.459 e. The number of nitrogens with zero attached hydrogens (tertiary/aromatic N) is 1. The normalized spacial score (nSPS) is 11.3. The van der Waals surface area contributed by atoms with Crippen LogP contribution in [0.1, 0.15) is 28.6 Å². The molecule has 6 nitrogen and oxygen atoms in total. The van der Waals surface area contributed by atoms with E-state index < -0.39 is 0 Å². The summed E-state index contributed by atoms with van der Waals surface area (Å²) in [5, 5.41) is 9.14. The van der Waals surface area contributed by atoms with Crippen LogP contribution >= 0.6 is 0 Å². The summed E-state index contributed by atoms with van der Waals surface area (Å²) in [6.45, 7) is 1.81. The average molecular weight is 411 g/mol. The van der Waals surface area contributed by atoms with E-state index in [1.54, 1.807) is 24.3 Å². The molecule has 6 heteroatoms. The molecule has 0 aliphatic heterocycles. The van der Waals surface area contributed by atoms with Gasteiger partial charge >= 0.3 is 0 Å². The minimum absolute atomic E-state index is 0.182. The third-order valence-corrected chi connectivity index (χ3v) is 4.88. The number of nitrogens with one attached hydrogen (secondary N) is 2. The zero-order valence-electron chi connectivity index (χ0n) is 17.0. The number of hydrogen-bond donors (Lipinski definition) is 2. The van der Waals surface area contributed by atoms with E-state index in [0.717, 1.165) is 21.9 Å². The summed E-state index contributed by atoms with van der Waals surface area (Å²) >= 11 is 0. The van der Waals surface area contributed by atoms with Gasteiger partial charge in [0.15, 0.2) is 5.76 Å². The van der Waals surface area contributed by atoms with Crippen LogP contribution in [0.2, 0.25) is 0 Å². The van der Waals surface area contributed by atoms with Gasteiger partial charge in [0.05, 0.1) is 18.4 Å². The molecular weight excluding hydrogens is 390 g/mol. The second-order valence-corrected chi connectivity index (χ2v) is 7.06. The Hall–Kier alpha value is -4.19. The molecule has 0 atom stereocenters. The number of hydrazone groups is 1. The van der Waals surface area contributed by atoms with Crippen LogP contribution in [0.15, 0.2) is 94.6 Å². The van der Waals surface area contributed by atoms with Gasteiger partial charge < -0.3 is 9.73 Å². The Kier molecular flexibility index (Phi) is 5.89. The summed E-state index contributed by atoms with van der Waals surface area (Å²) < 4.78 is 5.08. The van der Waals surface area contributed by atoms with Crippen LogP contribution < -0.4 is 10.7 Å². The second kappa shape index (κ2) is 9.09. The quantitative estimate of drug-likeness (QED) is 0.354. The summed E-state index contributed by atoms with van der Waals surface area (Å²) in [4.78, 5) is 24.4. The van der Waals surface area contributed by atoms with Crippen LogP contribution in [-0.4, -0.2) is 17.5 Å². The highest BCUT2D eigenvalue weighted by molar-refractivity contribution is 6.03. The summed E-state index contributed by atoms with van der Waals surface area (Å²) in [7, 11) is 0. The summed E-state index contributed by atoms with van der Waals surface area (Å²) in [5.41, 5.74) is 5.72. The highest BCUT2D eigenvalue weighted by atomic mass is 16.3. The van der Waals surface area contributed by atoms with E-state index in [4.69, 9.17) is 4.42 Å². The first-order chi connectivity index (χ1) is 15.1. The van der Waals surface area contributed by atoms with Crippen molar-refractivity contribution in [2.24, 2.45) is 5.10 Å². The van der Waals surface area contributed by atoms with Crippen molar-refractivity contribution in [3.63, 3.8) is 0 Å². The number of fused-ring (bicyclic) bond motifs is 1. The first-order valence-electron chi connectivity index (χ1n) is 9.85. The smallest absolute Gasteiger partial charge is 0.291 e. The fourth-order valence-electron chi connectivity index (χ4n) is 3.27. The van der Waals surface area contributed by atoms with Crippen molar-refractivity contribution in [1.29, 1.82) is 0 Å². The lowest BCUT2D eigenvalue weighted by molar-refractivity contribution is -0.120. The van der Waals surface area contributed by atoms with Crippen LogP contribution in [0.5, 0.6) is 0 Å². The molecule has 154 valence electrons. The molecule has 0 aliphatic carbocycles. The number of benzene rings is 3. The maximum atomic E-state index is 12.4. The molecule has 31 heavy (non-hydrogen) atoms. The van der Waals surface area contributed by atoms with Crippen LogP contribution in [0.4, 0.5) is 5.69 Å². The lowest BCUT2D eigenvalue weighted by Gasteiger charge is -2.07. The van der Waals surface area contributed by atoms with Crippen LogP contribution in [0.3, 0.4) is 0 Å². The average Bonchev–Trinajstić information content (AvgIpc) is 3.33. The fourth-order valence-corrected chi connectivity index (χ4v) is 3.27.